The average molecular weight is 339 g/mol. The first kappa shape index (κ1) is 15.6. The highest BCUT2D eigenvalue weighted by Crippen LogP contribution is 2.24. The van der Waals surface area contributed by atoms with Crippen LogP contribution >= 0.6 is 0 Å². The van der Waals surface area contributed by atoms with E-state index in [4.69, 9.17) is 0 Å². The van der Waals surface area contributed by atoms with E-state index in [0.29, 0.717) is 5.56 Å². The molecule has 25 heavy (non-hydrogen) atoms. The molecule has 1 N–H and O–H groups in total. The quantitative estimate of drug-likeness (QED) is 0.783. The van der Waals surface area contributed by atoms with Gasteiger partial charge in [-0.1, -0.05) is 6.92 Å². The Morgan fingerprint density at radius 1 is 1.36 bits per heavy atom. The molecule has 3 aromatic rings. The molecule has 0 bridgehead atoms. The maximum absolute atomic E-state index is 12.9. The van der Waals surface area contributed by atoms with Crippen LogP contribution in [0.25, 0.3) is 5.82 Å². The maximum atomic E-state index is 12.9. The minimum atomic E-state index is -0.142. The summed E-state index contributed by atoms with van der Waals surface area (Å²) in [6.07, 6.45) is 8.04. The molecular formula is C17H21N7O. The zero-order valence-electron chi connectivity index (χ0n) is 14.4. The van der Waals surface area contributed by atoms with Crippen LogP contribution in [-0.2, 0) is 20.0 Å². The minimum Gasteiger partial charge on any atom is -0.342 e. The van der Waals surface area contributed by atoms with E-state index in [1.807, 2.05) is 47.7 Å². The second-order valence-corrected chi connectivity index (χ2v) is 6.23. The zero-order valence-corrected chi connectivity index (χ0v) is 14.4. The molecule has 4 rings (SSSR count). The molecule has 1 amide bonds. The number of carbonyl (C=O) groups is 1. The van der Waals surface area contributed by atoms with Crippen LogP contribution in [-0.4, -0.2) is 35.0 Å². The van der Waals surface area contributed by atoms with E-state index >= 15 is 0 Å². The molecule has 8 nitrogen and oxygen atoms in total. The molecular weight excluding hydrogens is 318 g/mol. The van der Waals surface area contributed by atoms with E-state index < -0.39 is 0 Å². The molecule has 0 radical (unpaired) electrons. The van der Waals surface area contributed by atoms with E-state index in [9.17, 15) is 4.79 Å². The van der Waals surface area contributed by atoms with Gasteiger partial charge in [0.05, 0.1) is 12.2 Å². The van der Waals surface area contributed by atoms with Gasteiger partial charge in [-0.05, 0) is 25.0 Å². The van der Waals surface area contributed by atoms with Gasteiger partial charge in [-0.2, -0.15) is 10.2 Å². The first-order valence-electron chi connectivity index (χ1n) is 8.57. The van der Waals surface area contributed by atoms with Gasteiger partial charge in [-0.15, -0.1) is 0 Å². The molecule has 0 spiro atoms. The van der Waals surface area contributed by atoms with E-state index in [1.54, 1.807) is 10.9 Å². The van der Waals surface area contributed by atoms with Crippen LogP contribution in [0.3, 0.4) is 0 Å². The standard InChI is InChI=1S/C17H21N7O/c1-3-14-20-15-13(7-6-10-24(15)21-14)19-16(25)12-11-18-22(2)17(12)23-8-4-5-9-23/h4-5,8-9,11,13H,3,6-7,10H2,1-2H3,(H,19,25)/t13-/m1/s1. The highest BCUT2D eigenvalue weighted by molar-refractivity contribution is 5.97. The Balaban J connectivity index is 1.61. The number of fused-ring (bicyclic) bond motifs is 1. The summed E-state index contributed by atoms with van der Waals surface area (Å²) in [7, 11) is 1.83. The molecule has 0 aliphatic carbocycles. The molecule has 3 aromatic heterocycles. The van der Waals surface area contributed by atoms with Crippen molar-refractivity contribution in [2.45, 2.75) is 38.8 Å². The highest BCUT2D eigenvalue weighted by atomic mass is 16.1. The molecule has 0 fully saturated rings. The van der Waals surface area contributed by atoms with Gasteiger partial charge in [0.25, 0.3) is 5.91 Å². The summed E-state index contributed by atoms with van der Waals surface area (Å²) >= 11 is 0. The van der Waals surface area contributed by atoms with Gasteiger partial charge < -0.3 is 9.88 Å². The van der Waals surface area contributed by atoms with E-state index in [-0.39, 0.29) is 11.9 Å². The normalized spacial score (nSPS) is 16.6. The van der Waals surface area contributed by atoms with Gasteiger partial charge in [0.2, 0.25) is 0 Å². The lowest BCUT2D eigenvalue weighted by atomic mass is 10.1. The van der Waals surface area contributed by atoms with Crippen LogP contribution in [0.2, 0.25) is 0 Å². The molecule has 0 saturated carbocycles. The van der Waals surface area contributed by atoms with Crippen molar-refractivity contribution in [3.63, 3.8) is 0 Å². The minimum absolute atomic E-state index is 0.119. The van der Waals surface area contributed by atoms with E-state index in [0.717, 1.165) is 43.3 Å². The van der Waals surface area contributed by atoms with Crippen LogP contribution < -0.4 is 5.32 Å². The predicted octanol–water partition coefficient (Wildman–Crippen LogP) is 1.63. The number of amides is 1. The molecule has 8 heteroatoms. The zero-order chi connectivity index (χ0) is 17.4. The Hall–Kier alpha value is -2.90. The van der Waals surface area contributed by atoms with Gasteiger partial charge in [-0.3, -0.25) is 9.48 Å². The van der Waals surface area contributed by atoms with Crippen molar-refractivity contribution in [1.29, 1.82) is 0 Å². The fourth-order valence-corrected chi connectivity index (χ4v) is 3.30. The first-order valence-corrected chi connectivity index (χ1v) is 8.57. The van der Waals surface area contributed by atoms with Crippen molar-refractivity contribution in [1.82, 2.24) is 34.4 Å². The number of nitrogens with one attached hydrogen (secondary N) is 1. The molecule has 1 aliphatic heterocycles. The summed E-state index contributed by atoms with van der Waals surface area (Å²) in [5.41, 5.74) is 0.547. The van der Waals surface area contributed by atoms with E-state index in [1.165, 1.54) is 0 Å². The SMILES string of the molecule is CCc1nc2n(n1)CCC[C@H]2NC(=O)c1cnn(C)c1-n1cccc1. The lowest BCUT2D eigenvalue weighted by molar-refractivity contribution is 0.0927. The van der Waals surface area contributed by atoms with Gasteiger partial charge in [0, 0.05) is 32.4 Å². The van der Waals surface area contributed by atoms with Crippen LogP contribution in [0.1, 0.15) is 47.8 Å². The number of hydrogen-bond acceptors (Lipinski definition) is 4. The second-order valence-electron chi connectivity index (χ2n) is 6.23. The number of carbonyl (C=O) groups excluding carboxylic acids is 1. The Labute approximate surface area is 145 Å². The van der Waals surface area contributed by atoms with Gasteiger partial charge in [-0.25, -0.2) is 9.67 Å². The third kappa shape index (κ3) is 2.73. The van der Waals surface area contributed by atoms with Crippen molar-refractivity contribution in [3.8, 4) is 5.82 Å². The van der Waals surface area contributed by atoms with Crippen LogP contribution in [0.4, 0.5) is 0 Å². The Morgan fingerprint density at radius 2 is 2.16 bits per heavy atom. The summed E-state index contributed by atoms with van der Waals surface area (Å²) in [6, 6.07) is 3.72. The van der Waals surface area contributed by atoms with Crippen molar-refractivity contribution in [3.05, 3.63) is 47.9 Å². The second kappa shape index (κ2) is 6.19. The lowest BCUT2D eigenvalue weighted by Gasteiger charge is -2.23. The fraction of sp³-hybridized carbons (Fsp3) is 0.412. The maximum Gasteiger partial charge on any atom is 0.257 e. The van der Waals surface area contributed by atoms with Crippen molar-refractivity contribution in [2.75, 3.05) is 0 Å². The van der Waals surface area contributed by atoms with Gasteiger partial charge in [0.15, 0.2) is 5.82 Å². The van der Waals surface area contributed by atoms with Crippen molar-refractivity contribution in [2.24, 2.45) is 7.05 Å². The fourth-order valence-electron chi connectivity index (χ4n) is 3.30. The van der Waals surface area contributed by atoms with E-state index in [2.05, 4.69) is 20.5 Å². The lowest BCUT2D eigenvalue weighted by Crippen LogP contribution is -2.33. The number of hydrogen-bond donors (Lipinski definition) is 1. The number of aryl methyl sites for hydroxylation is 3. The molecule has 0 aromatic carbocycles. The summed E-state index contributed by atoms with van der Waals surface area (Å²) in [5.74, 6) is 2.28. The average Bonchev–Trinajstić information content (AvgIpc) is 3.33. The van der Waals surface area contributed by atoms with Crippen LogP contribution in [0.15, 0.2) is 30.7 Å². The molecule has 0 saturated heterocycles. The van der Waals surface area contributed by atoms with Crippen LogP contribution in [0.5, 0.6) is 0 Å². The number of nitrogens with zero attached hydrogens (tertiary/aromatic N) is 6. The Bertz CT molecular complexity index is 890. The molecule has 0 unspecified atom stereocenters. The van der Waals surface area contributed by atoms with Gasteiger partial charge in [0.1, 0.15) is 17.2 Å². The predicted molar refractivity (Wildman–Crippen MR) is 91.4 cm³/mol. The molecule has 4 heterocycles. The Kier molecular flexibility index (Phi) is 3.87. The molecule has 1 aliphatic rings. The monoisotopic (exact) mass is 339 g/mol. The summed E-state index contributed by atoms with van der Waals surface area (Å²) in [4.78, 5) is 17.5. The number of rotatable bonds is 4. The highest BCUT2D eigenvalue weighted by Gasteiger charge is 2.27. The molecule has 130 valence electrons. The smallest absolute Gasteiger partial charge is 0.257 e. The Morgan fingerprint density at radius 3 is 2.92 bits per heavy atom. The third-order valence-corrected chi connectivity index (χ3v) is 4.54. The van der Waals surface area contributed by atoms with Crippen molar-refractivity contribution >= 4 is 5.91 Å². The third-order valence-electron chi connectivity index (χ3n) is 4.54. The summed E-state index contributed by atoms with van der Waals surface area (Å²) < 4.78 is 5.51. The largest absolute Gasteiger partial charge is 0.342 e. The molecule has 1 atom stereocenters. The topological polar surface area (TPSA) is 82.6 Å². The van der Waals surface area contributed by atoms with Crippen molar-refractivity contribution < 1.29 is 4.79 Å². The first-order chi connectivity index (χ1) is 12.2. The van der Waals surface area contributed by atoms with Gasteiger partial charge >= 0.3 is 0 Å². The summed E-state index contributed by atoms with van der Waals surface area (Å²) in [5, 5.41) is 11.9. The number of aromatic nitrogens is 6. The summed E-state index contributed by atoms with van der Waals surface area (Å²) in [6.45, 7) is 2.89. The van der Waals surface area contributed by atoms with Crippen LogP contribution in [0, 0.1) is 0 Å².